The van der Waals surface area contributed by atoms with Crippen molar-refractivity contribution in [3.05, 3.63) is 83.4 Å². The van der Waals surface area contributed by atoms with Gasteiger partial charge in [0.15, 0.2) is 5.78 Å². The summed E-state index contributed by atoms with van der Waals surface area (Å²) < 4.78 is 0.669. The molecule has 2 N–H and O–H groups in total. The second-order valence-corrected chi connectivity index (χ2v) is 9.06. The Morgan fingerprint density at radius 3 is 2.77 bits per heavy atom. The lowest BCUT2D eigenvalue weighted by Gasteiger charge is -2.07. The molecule has 31 heavy (non-hydrogen) atoms. The third kappa shape index (κ3) is 5.50. The number of Topliss-reactive ketones (excluding diaryl/α,β-unsaturated/α-hetero) is 1. The summed E-state index contributed by atoms with van der Waals surface area (Å²) in [4.78, 5) is 24.5. The molecule has 0 saturated heterocycles. The monoisotopic (exact) mass is 466 g/mol. The summed E-state index contributed by atoms with van der Waals surface area (Å²) in [5, 5.41) is 4.68. The Morgan fingerprint density at radius 1 is 1.16 bits per heavy atom. The van der Waals surface area contributed by atoms with Gasteiger partial charge in [0.2, 0.25) is 0 Å². The standard InChI is InChI=1S/C23H19ClN4OS2/c24-18-5-3-16(4-6-18)17-10-19-20(14-27-22(19)26-13-17)21(29)7-9-31-23(30)28-12-15-2-1-8-25-11-15/h1-6,8,10-11,13-14H,7,9,12H2,(H,26,27)(H,28,30). The van der Waals surface area contributed by atoms with E-state index in [4.69, 9.17) is 23.8 Å². The van der Waals surface area contributed by atoms with Crippen molar-refractivity contribution in [3.63, 3.8) is 0 Å². The molecule has 5 nitrogen and oxygen atoms in total. The number of nitrogens with one attached hydrogen (secondary N) is 2. The van der Waals surface area contributed by atoms with Crippen molar-refractivity contribution >= 4 is 56.7 Å². The number of aromatic amines is 1. The van der Waals surface area contributed by atoms with Crippen LogP contribution in [0.1, 0.15) is 22.3 Å². The smallest absolute Gasteiger partial charge is 0.165 e. The molecule has 0 saturated carbocycles. The largest absolute Gasteiger partial charge is 0.367 e. The van der Waals surface area contributed by atoms with Crippen LogP contribution in [0.25, 0.3) is 22.2 Å². The molecule has 0 atom stereocenters. The number of pyridine rings is 2. The summed E-state index contributed by atoms with van der Waals surface area (Å²) in [5.74, 6) is 0.665. The highest BCUT2D eigenvalue weighted by Gasteiger charge is 2.14. The molecular weight excluding hydrogens is 448 g/mol. The minimum absolute atomic E-state index is 0.0591. The number of thiocarbonyl (C=S) groups is 1. The summed E-state index contributed by atoms with van der Waals surface area (Å²) in [6, 6.07) is 13.4. The molecule has 0 fully saturated rings. The van der Waals surface area contributed by atoms with Crippen LogP contribution in [-0.4, -0.2) is 30.8 Å². The number of carbonyl (C=O) groups is 1. The number of hydrogen-bond acceptors (Lipinski definition) is 5. The third-order valence-electron chi connectivity index (χ3n) is 4.73. The Bertz CT molecular complexity index is 1210. The van der Waals surface area contributed by atoms with Gasteiger partial charge in [-0.1, -0.05) is 53.8 Å². The SMILES string of the molecule is O=C(CCSC(=S)NCc1cccnc1)c1c[nH]c2ncc(-c3ccc(Cl)cc3)cc12. The molecule has 0 bridgehead atoms. The van der Waals surface area contributed by atoms with Gasteiger partial charge in [0.25, 0.3) is 0 Å². The molecule has 3 aromatic heterocycles. The van der Waals surface area contributed by atoms with E-state index in [0.29, 0.717) is 39.3 Å². The normalized spacial score (nSPS) is 10.9. The van der Waals surface area contributed by atoms with E-state index in [9.17, 15) is 4.79 Å². The fourth-order valence-corrected chi connectivity index (χ4v) is 4.23. The molecular formula is C23H19ClN4OS2. The topological polar surface area (TPSA) is 70.7 Å². The van der Waals surface area contributed by atoms with Crippen LogP contribution < -0.4 is 5.32 Å². The van der Waals surface area contributed by atoms with Crippen LogP contribution in [0, 0.1) is 0 Å². The summed E-state index contributed by atoms with van der Waals surface area (Å²) >= 11 is 12.8. The van der Waals surface area contributed by atoms with Gasteiger partial charge < -0.3 is 10.3 Å². The number of fused-ring (bicyclic) bond motifs is 1. The van der Waals surface area contributed by atoms with Gasteiger partial charge in [0.1, 0.15) is 9.97 Å². The molecule has 1 aromatic carbocycles. The van der Waals surface area contributed by atoms with Crippen molar-refractivity contribution in [2.45, 2.75) is 13.0 Å². The summed E-state index contributed by atoms with van der Waals surface area (Å²) in [5.41, 5.74) is 4.34. The number of aromatic nitrogens is 3. The van der Waals surface area contributed by atoms with Crippen LogP contribution in [0.2, 0.25) is 5.02 Å². The van der Waals surface area contributed by atoms with Crippen LogP contribution in [0.5, 0.6) is 0 Å². The number of carbonyl (C=O) groups excluding carboxylic acids is 1. The van der Waals surface area contributed by atoms with Gasteiger partial charge in [-0.2, -0.15) is 0 Å². The average Bonchev–Trinajstić information content (AvgIpc) is 3.22. The lowest BCUT2D eigenvalue weighted by Crippen LogP contribution is -2.18. The summed E-state index contributed by atoms with van der Waals surface area (Å²) in [7, 11) is 0. The molecule has 4 aromatic rings. The van der Waals surface area contributed by atoms with E-state index in [1.54, 1.807) is 24.8 Å². The Morgan fingerprint density at radius 2 is 2.00 bits per heavy atom. The third-order valence-corrected chi connectivity index (χ3v) is 6.30. The molecule has 8 heteroatoms. The molecule has 0 spiro atoms. The molecule has 0 aliphatic heterocycles. The van der Waals surface area contributed by atoms with Crippen LogP contribution in [0.4, 0.5) is 0 Å². The van der Waals surface area contributed by atoms with Crippen molar-refractivity contribution in [3.8, 4) is 11.1 Å². The van der Waals surface area contributed by atoms with Gasteiger partial charge in [0, 0.05) is 65.0 Å². The molecule has 0 aliphatic rings. The van der Waals surface area contributed by atoms with E-state index in [-0.39, 0.29) is 5.78 Å². The molecule has 0 radical (unpaired) electrons. The van der Waals surface area contributed by atoms with Gasteiger partial charge in [-0.05, 0) is 35.4 Å². The van der Waals surface area contributed by atoms with E-state index in [2.05, 4.69) is 20.3 Å². The average molecular weight is 467 g/mol. The van der Waals surface area contributed by atoms with Crippen molar-refractivity contribution in [1.29, 1.82) is 0 Å². The van der Waals surface area contributed by atoms with E-state index in [1.165, 1.54) is 11.8 Å². The minimum atomic E-state index is 0.0591. The van der Waals surface area contributed by atoms with Crippen molar-refractivity contribution in [1.82, 2.24) is 20.3 Å². The first-order chi connectivity index (χ1) is 15.1. The first-order valence-electron chi connectivity index (χ1n) is 9.66. The fourth-order valence-electron chi connectivity index (χ4n) is 3.13. The van der Waals surface area contributed by atoms with E-state index < -0.39 is 0 Å². The predicted octanol–water partition coefficient (Wildman–Crippen LogP) is 5.66. The van der Waals surface area contributed by atoms with Gasteiger partial charge >= 0.3 is 0 Å². The van der Waals surface area contributed by atoms with Gasteiger partial charge in [-0.15, -0.1) is 0 Å². The Balaban J connectivity index is 1.37. The van der Waals surface area contributed by atoms with Gasteiger partial charge in [0.05, 0.1) is 0 Å². The number of nitrogens with zero attached hydrogens (tertiary/aromatic N) is 2. The lowest BCUT2D eigenvalue weighted by atomic mass is 10.0. The van der Waals surface area contributed by atoms with Crippen molar-refractivity contribution in [2.24, 2.45) is 0 Å². The van der Waals surface area contributed by atoms with Gasteiger partial charge in [-0.25, -0.2) is 4.98 Å². The molecule has 4 rings (SSSR count). The van der Waals surface area contributed by atoms with E-state index in [0.717, 1.165) is 22.1 Å². The highest BCUT2D eigenvalue weighted by atomic mass is 35.5. The molecule has 0 unspecified atom stereocenters. The number of thioether (sulfide) groups is 1. The molecule has 0 amide bonds. The fraction of sp³-hybridized carbons (Fsp3) is 0.130. The van der Waals surface area contributed by atoms with Crippen molar-refractivity contribution < 1.29 is 4.79 Å². The van der Waals surface area contributed by atoms with Crippen LogP contribution >= 0.6 is 35.6 Å². The lowest BCUT2D eigenvalue weighted by molar-refractivity contribution is 0.0991. The summed E-state index contributed by atoms with van der Waals surface area (Å²) in [6.07, 6.45) is 7.44. The number of halogens is 1. The first kappa shape index (κ1) is 21.5. The van der Waals surface area contributed by atoms with Crippen molar-refractivity contribution in [2.75, 3.05) is 5.75 Å². The minimum Gasteiger partial charge on any atom is -0.367 e. The Kier molecular flexibility index (Phi) is 6.96. The summed E-state index contributed by atoms with van der Waals surface area (Å²) in [6.45, 7) is 0.620. The second-order valence-electron chi connectivity index (χ2n) is 6.85. The zero-order valence-electron chi connectivity index (χ0n) is 16.5. The highest BCUT2D eigenvalue weighted by molar-refractivity contribution is 8.22. The Labute approximate surface area is 194 Å². The maximum atomic E-state index is 12.8. The molecule has 0 aliphatic carbocycles. The number of hydrogen-bond donors (Lipinski definition) is 2. The van der Waals surface area contributed by atoms with Crippen LogP contribution in [-0.2, 0) is 6.54 Å². The maximum absolute atomic E-state index is 12.8. The number of benzene rings is 1. The van der Waals surface area contributed by atoms with E-state index >= 15 is 0 Å². The quantitative estimate of drug-likeness (QED) is 0.270. The number of rotatable bonds is 7. The predicted molar refractivity (Wildman–Crippen MR) is 132 cm³/mol. The van der Waals surface area contributed by atoms with Gasteiger partial charge in [-0.3, -0.25) is 9.78 Å². The Hall–Kier alpha value is -2.74. The maximum Gasteiger partial charge on any atom is 0.165 e. The molecule has 156 valence electrons. The highest BCUT2D eigenvalue weighted by Crippen LogP contribution is 2.26. The zero-order valence-corrected chi connectivity index (χ0v) is 18.9. The second kappa shape index (κ2) is 10.0. The van der Waals surface area contributed by atoms with Crippen LogP contribution in [0.15, 0.2) is 67.3 Å². The molecule has 3 heterocycles. The number of ketones is 1. The van der Waals surface area contributed by atoms with Crippen LogP contribution in [0.3, 0.4) is 0 Å². The zero-order chi connectivity index (χ0) is 21.6. The first-order valence-corrected chi connectivity index (χ1v) is 11.4. The van der Waals surface area contributed by atoms with E-state index in [1.807, 2.05) is 42.5 Å². The number of H-pyrrole nitrogens is 1.